The van der Waals surface area contributed by atoms with Crippen molar-refractivity contribution in [3.05, 3.63) is 40.9 Å². The van der Waals surface area contributed by atoms with Crippen LogP contribution in [0.25, 0.3) is 11.1 Å². The van der Waals surface area contributed by atoms with Crippen LogP contribution in [0.2, 0.25) is 5.02 Å². The minimum absolute atomic E-state index is 0.117. The number of fused-ring (bicyclic) bond motifs is 1. The lowest BCUT2D eigenvalue weighted by Crippen LogP contribution is -2.27. The molecule has 0 aromatic heterocycles. The maximum Gasteiger partial charge on any atom is 0.131 e. The zero-order valence-electron chi connectivity index (χ0n) is 13.5. The number of halogens is 1. The van der Waals surface area contributed by atoms with Crippen LogP contribution in [0.5, 0.6) is 17.2 Å². The predicted octanol–water partition coefficient (Wildman–Crippen LogP) is 3.55. The highest BCUT2D eigenvalue weighted by Crippen LogP contribution is 2.45. The summed E-state index contributed by atoms with van der Waals surface area (Å²) in [6.07, 6.45) is 0.967. The van der Waals surface area contributed by atoms with Crippen LogP contribution in [0, 0.1) is 0 Å². The van der Waals surface area contributed by atoms with Crippen LogP contribution in [0.4, 0.5) is 0 Å². The van der Waals surface area contributed by atoms with Gasteiger partial charge in [0.25, 0.3) is 0 Å². The maximum atomic E-state index is 6.19. The zero-order valence-corrected chi connectivity index (χ0v) is 14.2. The van der Waals surface area contributed by atoms with Gasteiger partial charge in [-0.05, 0) is 37.4 Å². The van der Waals surface area contributed by atoms with E-state index in [1.54, 1.807) is 14.2 Å². The zero-order chi connectivity index (χ0) is 16.4. The van der Waals surface area contributed by atoms with Crippen molar-refractivity contribution < 1.29 is 14.2 Å². The van der Waals surface area contributed by atoms with E-state index in [2.05, 4.69) is 5.32 Å². The SMILES string of the molecule is CNCC1Cc2cc(OC)cc(-c3cc(Cl)ccc3OC)c2O1. The van der Waals surface area contributed by atoms with Gasteiger partial charge >= 0.3 is 0 Å². The summed E-state index contributed by atoms with van der Waals surface area (Å²) in [7, 11) is 5.24. The van der Waals surface area contributed by atoms with Gasteiger partial charge in [-0.1, -0.05) is 11.6 Å². The minimum Gasteiger partial charge on any atom is -0.497 e. The first-order valence-electron chi connectivity index (χ1n) is 7.52. The van der Waals surface area contributed by atoms with Crippen molar-refractivity contribution in [2.75, 3.05) is 27.8 Å². The predicted molar refractivity (Wildman–Crippen MR) is 92.0 cm³/mol. The maximum absolute atomic E-state index is 6.19. The second-order valence-corrected chi connectivity index (χ2v) is 5.95. The van der Waals surface area contributed by atoms with Crippen LogP contribution < -0.4 is 19.5 Å². The summed E-state index contributed by atoms with van der Waals surface area (Å²) in [6.45, 7) is 0.795. The van der Waals surface area contributed by atoms with E-state index in [0.717, 1.165) is 46.9 Å². The second kappa shape index (κ2) is 6.69. The average Bonchev–Trinajstić information content (AvgIpc) is 2.96. The Morgan fingerprint density at radius 3 is 2.70 bits per heavy atom. The third-order valence-corrected chi connectivity index (χ3v) is 4.23. The molecule has 23 heavy (non-hydrogen) atoms. The Kier molecular flexibility index (Phi) is 4.64. The number of hydrogen-bond donors (Lipinski definition) is 1. The Morgan fingerprint density at radius 1 is 1.17 bits per heavy atom. The standard InChI is InChI=1S/C18H20ClNO3/c1-20-10-14-7-11-6-13(21-2)9-16(18(11)23-14)15-8-12(19)4-5-17(15)22-3/h4-6,8-9,14,20H,7,10H2,1-3H3. The molecule has 2 aromatic rings. The smallest absolute Gasteiger partial charge is 0.131 e. The summed E-state index contributed by atoms with van der Waals surface area (Å²) in [4.78, 5) is 0. The van der Waals surface area contributed by atoms with Crippen LogP contribution in [0.3, 0.4) is 0 Å². The van der Waals surface area contributed by atoms with E-state index in [1.165, 1.54) is 0 Å². The van der Waals surface area contributed by atoms with Crippen molar-refractivity contribution >= 4 is 11.6 Å². The fraction of sp³-hybridized carbons (Fsp3) is 0.333. The first-order chi connectivity index (χ1) is 11.2. The lowest BCUT2D eigenvalue weighted by atomic mass is 9.99. The van der Waals surface area contributed by atoms with Gasteiger partial charge in [-0.2, -0.15) is 0 Å². The van der Waals surface area contributed by atoms with E-state index in [4.69, 9.17) is 25.8 Å². The molecule has 3 rings (SSSR count). The van der Waals surface area contributed by atoms with E-state index in [-0.39, 0.29) is 6.10 Å². The number of ether oxygens (including phenoxy) is 3. The number of hydrogen-bond acceptors (Lipinski definition) is 4. The second-order valence-electron chi connectivity index (χ2n) is 5.51. The average molecular weight is 334 g/mol. The molecule has 1 atom stereocenters. The first-order valence-corrected chi connectivity index (χ1v) is 7.90. The summed E-state index contributed by atoms with van der Waals surface area (Å²) in [5.41, 5.74) is 2.99. The third kappa shape index (κ3) is 3.09. The molecule has 1 aliphatic rings. The molecule has 1 N–H and O–H groups in total. The number of methoxy groups -OCH3 is 2. The summed E-state index contributed by atoms with van der Waals surface area (Å²) < 4.78 is 17.1. The quantitative estimate of drug-likeness (QED) is 0.908. The van der Waals surface area contributed by atoms with Crippen molar-refractivity contribution in [3.8, 4) is 28.4 Å². The van der Waals surface area contributed by atoms with E-state index < -0.39 is 0 Å². The molecule has 0 saturated heterocycles. The molecule has 0 bridgehead atoms. The molecule has 0 spiro atoms. The molecule has 0 radical (unpaired) electrons. The van der Waals surface area contributed by atoms with Gasteiger partial charge < -0.3 is 19.5 Å². The number of likely N-dealkylation sites (N-methyl/N-ethyl adjacent to an activating group) is 1. The van der Waals surface area contributed by atoms with Crippen molar-refractivity contribution in [2.24, 2.45) is 0 Å². The monoisotopic (exact) mass is 333 g/mol. The van der Waals surface area contributed by atoms with Crippen molar-refractivity contribution in [3.63, 3.8) is 0 Å². The Morgan fingerprint density at radius 2 is 2.00 bits per heavy atom. The Labute approximate surface area is 141 Å². The highest BCUT2D eigenvalue weighted by atomic mass is 35.5. The van der Waals surface area contributed by atoms with Gasteiger partial charge in [0.1, 0.15) is 23.4 Å². The first kappa shape index (κ1) is 16.0. The number of benzene rings is 2. The summed E-state index contributed by atoms with van der Waals surface area (Å²) in [6, 6.07) is 9.57. The molecule has 1 aliphatic heterocycles. The summed E-state index contributed by atoms with van der Waals surface area (Å²) in [5.74, 6) is 2.44. The molecule has 0 aliphatic carbocycles. The topological polar surface area (TPSA) is 39.7 Å². The van der Waals surface area contributed by atoms with Gasteiger partial charge in [0, 0.05) is 34.7 Å². The fourth-order valence-corrected chi connectivity index (χ4v) is 3.13. The van der Waals surface area contributed by atoms with Crippen molar-refractivity contribution in [2.45, 2.75) is 12.5 Å². The summed E-state index contributed by atoms with van der Waals surface area (Å²) >= 11 is 6.19. The van der Waals surface area contributed by atoms with Crippen LogP contribution in [0.1, 0.15) is 5.56 Å². The Balaban J connectivity index is 2.14. The Hall–Kier alpha value is -1.91. The number of nitrogens with one attached hydrogen (secondary N) is 1. The van der Waals surface area contributed by atoms with Crippen LogP contribution in [-0.2, 0) is 6.42 Å². The third-order valence-electron chi connectivity index (χ3n) is 3.99. The van der Waals surface area contributed by atoms with Gasteiger partial charge in [-0.25, -0.2) is 0 Å². The highest BCUT2D eigenvalue weighted by molar-refractivity contribution is 6.31. The van der Waals surface area contributed by atoms with E-state index >= 15 is 0 Å². The van der Waals surface area contributed by atoms with Crippen LogP contribution in [0.15, 0.2) is 30.3 Å². The van der Waals surface area contributed by atoms with Gasteiger partial charge in [0.2, 0.25) is 0 Å². The number of rotatable bonds is 5. The molecule has 1 heterocycles. The minimum atomic E-state index is 0.117. The Bertz CT molecular complexity index is 718. The van der Waals surface area contributed by atoms with Crippen molar-refractivity contribution in [1.82, 2.24) is 5.32 Å². The van der Waals surface area contributed by atoms with Gasteiger partial charge in [-0.15, -0.1) is 0 Å². The molecule has 4 nitrogen and oxygen atoms in total. The molecule has 2 aromatic carbocycles. The van der Waals surface area contributed by atoms with Crippen LogP contribution in [-0.4, -0.2) is 33.9 Å². The molecule has 1 unspecified atom stereocenters. The van der Waals surface area contributed by atoms with E-state index in [9.17, 15) is 0 Å². The van der Waals surface area contributed by atoms with Gasteiger partial charge in [0.05, 0.1) is 14.2 Å². The lowest BCUT2D eigenvalue weighted by Gasteiger charge is -2.15. The lowest BCUT2D eigenvalue weighted by molar-refractivity contribution is 0.232. The molecule has 0 saturated carbocycles. The normalized spacial score (nSPS) is 15.9. The molecular weight excluding hydrogens is 314 g/mol. The fourth-order valence-electron chi connectivity index (χ4n) is 2.95. The molecule has 0 amide bonds. The highest BCUT2D eigenvalue weighted by Gasteiger charge is 2.27. The molecular formula is C18H20ClNO3. The van der Waals surface area contributed by atoms with Crippen molar-refractivity contribution in [1.29, 1.82) is 0 Å². The molecule has 122 valence electrons. The van der Waals surface area contributed by atoms with Crippen LogP contribution >= 0.6 is 11.6 Å². The molecule has 0 fully saturated rings. The molecule has 5 heteroatoms. The van der Waals surface area contributed by atoms with Gasteiger partial charge in [-0.3, -0.25) is 0 Å². The largest absolute Gasteiger partial charge is 0.497 e. The summed E-state index contributed by atoms with van der Waals surface area (Å²) in [5, 5.41) is 3.82. The van der Waals surface area contributed by atoms with E-state index in [0.29, 0.717) is 5.02 Å². The van der Waals surface area contributed by atoms with E-state index in [1.807, 2.05) is 37.4 Å². The van der Waals surface area contributed by atoms with Gasteiger partial charge in [0.15, 0.2) is 0 Å².